The van der Waals surface area contributed by atoms with Crippen LogP contribution >= 0.6 is 11.8 Å². The maximum atomic E-state index is 13.8. The quantitative estimate of drug-likeness (QED) is 0.180. The van der Waals surface area contributed by atoms with Crippen LogP contribution in [-0.4, -0.2) is 50.5 Å². The number of ether oxygens (including phenoxy) is 3. The number of hydrogen-bond donors (Lipinski definition) is 2. The third-order valence-electron chi connectivity index (χ3n) is 6.58. The third kappa shape index (κ3) is 6.86. The Morgan fingerprint density at radius 2 is 1.64 bits per heavy atom. The molecule has 222 valence electrons. The van der Waals surface area contributed by atoms with Crippen LogP contribution in [0.4, 0.5) is 5.69 Å². The van der Waals surface area contributed by atoms with Crippen molar-refractivity contribution >= 4 is 44.3 Å². The maximum absolute atomic E-state index is 13.8. The molecule has 11 nitrogen and oxygen atoms in total. The second-order valence-corrected chi connectivity index (χ2v) is 12.0. The number of aromatic nitrogens is 2. The van der Waals surface area contributed by atoms with Gasteiger partial charge in [0.15, 0.2) is 16.7 Å². The van der Waals surface area contributed by atoms with E-state index >= 15 is 0 Å². The van der Waals surface area contributed by atoms with Gasteiger partial charge in [-0.05, 0) is 48.7 Å². The highest BCUT2D eigenvalue weighted by Gasteiger charge is 2.24. The number of anilines is 1. The minimum atomic E-state index is -3.83. The van der Waals surface area contributed by atoms with Gasteiger partial charge >= 0.3 is 0 Å². The number of hydrogen-bond acceptors (Lipinski definition) is 9. The number of aryl methyl sites for hydroxylation is 1. The second-order valence-electron chi connectivity index (χ2n) is 9.22. The van der Waals surface area contributed by atoms with Crippen LogP contribution in [0.1, 0.15) is 18.9 Å². The van der Waals surface area contributed by atoms with E-state index in [4.69, 9.17) is 24.3 Å². The molecule has 13 heteroatoms. The summed E-state index contributed by atoms with van der Waals surface area (Å²) >= 11 is 1.18. The molecular weight excluding hydrogens is 580 g/mol. The molecule has 1 aromatic heterocycles. The van der Waals surface area contributed by atoms with Crippen LogP contribution in [0, 0.1) is 0 Å². The fraction of sp³-hybridized carbons (Fsp3) is 0.276. The van der Waals surface area contributed by atoms with Crippen molar-refractivity contribution < 1.29 is 27.4 Å². The lowest BCUT2D eigenvalue weighted by Crippen LogP contribution is -2.29. The molecule has 42 heavy (non-hydrogen) atoms. The van der Waals surface area contributed by atoms with E-state index in [0.29, 0.717) is 51.8 Å². The Morgan fingerprint density at radius 1 is 1.00 bits per heavy atom. The van der Waals surface area contributed by atoms with E-state index in [0.717, 1.165) is 5.56 Å². The van der Waals surface area contributed by atoms with Crippen LogP contribution in [0.2, 0.25) is 0 Å². The van der Waals surface area contributed by atoms with Crippen LogP contribution in [-0.2, 0) is 27.8 Å². The summed E-state index contributed by atoms with van der Waals surface area (Å²) in [6.07, 6.45) is 0.851. The van der Waals surface area contributed by atoms with Crippen molar-refractivity contribution in [3.63, 3.8) is 0 Å². The minimum Gasteiger partial charge on any atom is -0.495 e. The number of benzene rings is 3. The SMILES string of the molecule is CCC(Sc1nc2cc(OC)c(OC)cc2c(=O)n1CCc1ccc(S(N)(=O)=O)cc1)C(=O)Nc1ccccc1OC. The summed E-state index contributed by atoms with van der Waals surface area (Å²) in [5.41, 5.74) is 1.41. The van der Waals surface area contributed by atoms with Gasteiger partial charge in [-0.1, -0.05) is 43.0 Å². The molecule has 1 unspecified atom stereocenters. The Kier molecular flexibility index (Phi) is 9.76. The molecule has 1 heterocycles. The van der Waals surface area contributed by atoms with Crippen LogP contribution < -0.4 is 30.2 Å². The molecule has 0 aliphatic rings. The normalized spacial score (nSPS) is 12.1. The smallest absolute Gasteiger partial charge is 0.262 e. The highest BCUT2D eigenvalue weighted by molar-refractivity contribution is 8.00. The summed E-state index contributed by atoms with van der Waals surface area (Å²) in [6, 6.07) is 16.5. The van der Waals surface area contributed by atoms with Crippen LogP contribution in [0.5, 0.6) is 17.2 Å². The topological polar surface area (TPSA) is 152 Å². The second kappa shape index (κ2) is 13.3. The monoisotopic (exact) mass is 612 g/mol. The molecule has 3 aromatic carbocycles. The Hall–Kier alpha value is -4.07. The molecule has 0 saturated heterocycles. The van der Waals surface area contributed by atoms with E-state index in [-0.39, 0.29) is 22.9 Å². The van der Waals surface area contributed by atoms with Crippen molar-refractivity contribution in [1.82, 2.24) is 9.55 Å². The standard InChI is InChI=1S/C29H32N4O7S2/c1-5-26(27(34)31-21-8-6-7-9-23(21)38-2)41-29-32-22-17-25(40-4)24(39-3)16-20(22)28(35)33(29)15-14-18-10-12-19(13-11-18)42(30,36)37/h6-13,16-17,26H,5,14-15H2,1-4H3,(H,31,34)(H2,30,36,37). The zero-order valence-electron chi connectivity index (χ0n) is 23.6. The molecule has 0 aliphatic heterocycles. The largest absolute Gasteiger partial charge is 0.495 e. The fourth-order valence-electron chi connectivity index (χ4n) is 4.31. The molecule has 0 aliphatic carbocycles. The number of sulfonamides is 1. The molecular formula is C29H32N4O7S2. The number of para-hydroxylation sites is 2. The highest BCUT2D eigenvalue weighted by atomic mass is 32.2. The fourth-order valence-corrected chi connectivity index (χ4v) is 5.87. The minimum absolute atomic E-state index is 0.0000720. The zero-order valence-corrected chi connectivity index (χ0v) is 25.3. The van der Waals surface area contributed by atoms with E-state index in [2.05, 4.69) is 5.32 Å². The predicted octanol–water partition coefficient (Wildman–Crippen LogP) is 3.82. The number of nitrogens with zero attached hydrogens (tertiary/aromatic N) is 2. The maximum Gasteiger partial charge on any atom is 0.262 e. The molecule has 1 amide bonds. The Morgan fingerprint density at radius 3 is 2.26 bits per heavy atom. The van der Waals surface area contributed by atoms with E-state index in [1.165, 1.54) is 49.8 Å². The first-order valence-corrected chi connectivity index (χ1v) is 15.4. The van der Waals surface area contributed by atoms with Gasteiger partial charge in [0.2, 0.25) is 15.9 Å². The number of nitrogens with one attached hydrogen (secondary N) is 1. The summed E-state index contributed by atoms with van der Waals surface area (Å²) in [4.78, 5) is 32.0. The van der Waals surface area contributed by atoms with Crippen molar-refractivity contribution in [2.75, 3.05) is 26.6 Å². The van der Waals surface area contributed by atoms with Gasteiger partial charge in [-0.3, -0.25) is 14.2 Å². The number of nitrogens with two attached hydrogens (primary N) is 1. The third-order valence-corrected chi connectivity index (χ3v) is 8.86. The lowest BCUT2D eigenvalue weighted by molar-refractivity contribution is -0.115. The van der Waals surface area contributed by atoms with Crippen molar-refractivity contribution in [3.05, 3.63) is 76.6 Å². The highest BCUT2D eigenvalue weighted by Crippen LogP contribution is 2.33. The number of primary sulfonamides is 1. The van der Waals surface area contributed by atoms with E-state index in [1.807, 2.05) is 13.0 Å². The van der Waals surface area contributed by atoms with Gasteiger partial charge in [0, 0.05) is 12.6 Å². The molecule has 3 N–H and O–H groups in total. The van der Waals surface area contributed by atoms with Crippen molar-refractivity contribution in [2.24, 2.45) is 5.14 Å². The Labute approximate surface area is 248 Å². The number of methoxy groups -OCH3 is 3. The summed E-state index contributed by atoms with van der Waals surface area (Å²) in [7, 11) is 0.684. The van der Waals surface area contributed by atoms with Gasteiger partial charge < -0.3 is 19.5 Å². The molecule has 0 radical (unpaired) electrons. The number of thioether (sulfide) groups is 1. The van der Waals surface area contributed by atoms with Crippen molar-refractivity contribution in [1.29, 1.82) is 0 Å². The zero-order chi connectivity index (χ0) is 30.4. The van der Waals surface area contributed by atoms with Crippen LogP contribution in [0.15, 0.2) is 75.5 Å². The first-order chi connectivity index (χ1) is 20.1. The average molecular weight is 613 g/mol. The first kappa shape index (κ1) is 30.9. The van der Waals surface area contributed by atoms with E-state index < -0.39 is 15.3 Å². The summed E-state index contributed by atoms with van der Waals surface area (Å²) in [5.74, 6) is 1.07. The van der Waals surface area contributed by atoms with E-state index in [1.54, 1.807) is 42.5 Å². The molecule has 0 spiro atoms. The molecule has 0 fully saturated rings. The molecule has 4 rings (SSSR count). The van der Waals surface area contributed by atoms with Gasteiger partial charge in [0.05, 0.1) is 48.1 Å². The summed E-state index contributed by atoms with van der Waals surface area (Å²) in [6.45, 7) is 2.10. The van der Waals surface area contributed by atoms with Gasteiger partial charge in [-0.2, -0.15) is 0 Å². The molecule has 1 atom stereocenters. The lowest BCUT2D eigenvalue weighted by Gasteiger charge is -2.19. The number of carbonyl (C=O) groups excluding carboxylic acids is 1. The van der Waals surface area contributed by atoms with Crippen LogP contribution in [0.3, 0.4) is 0 Å². The summed E-state index contributed by atoms with van der Waals surface area (Å²) in [5, 5.41) is 8.22. The number of amides is 1. The van der Waals surface area contributed by atoms with Gasteiger partial charge in [0.25, 0.3) is 5.56 Å². The van der Waals surface area contributed by atoms with Crippen LogP contribution in [0.25, 0.3) is 10.9 Å². The van der Waals surface area contributed by atoms with Gasteiger partial charge in [-0.25, -0.2) is 18.5 Å². The predicted molar refractivity (Wildman–Crippen MR) is 162 cm³/mol. The van der Waals surface area contributed by atoms with Gasteiger partial charge in [-0.15, -0.1) is 0 Å². The average Bonchev–Trinajstić information content (AvgIpc) is 2.98. The van der Waals surface area contributed by atoms with E-state index in [9.17, 15) is 18.0 Å². The Balaban J connectivity index is 1.72. The lowest BCUT2D eigenvalue weighted by atomic mass is 10.1. The number of fused-ring (bicyclic) bond motifs is 1. The van der Waals surface area contributed by atoms with Crippen molar-refractivity contribution in [2.45, 2.75) is 41.6 Å². The Bertz CT molecular complexity index is 1760. The molecule has 0 bridgehead atoms. The van der Waals surface area contributed by atoms with Crippen molar-refractivity contribution in [3.8, 4) is 17.2 Å². The van der Waals surface area contributed by atoms with Gasteiger partial charge in [0.1, 0.15) is 5.75 Å². The number of rotatable bonds is 12. The number of carbonyl (C=O) groups is 1. The molecule has 4 aromatic rings. The summed E-state index contributed by atoms with van der Waals surface area (Å²) < 4.78 is 41.0. The first-order valence-electron chi connectivity index (χ1n) is 13.0. The molecule has 0 saturated carbocycles.